The lowest BCUT2D eigenvalue weighted by molar-refractivity contribution is -0.0543. The van der Waals surface area contributed by atoms with E-state index in [0.717, 1.165) is 0 Å². The molecule has 0 saturated carbocycles. The van der Waals surface area contributed by atoms with Crippen LogP contribution in [0, 0.1) is 0 Å². The lowest BCUT2D eigenvalue weighted by atomic mass is 10.2. The van der Waals surface area contributed by atoms with Crippen molar-refractivity contribution < 1.29 is 37.5 Å². The predicted octanol–water partition coefficient (Wildman–Crippen LogP) is 2.29. The molecule has 46 heavy (non-hydrogen) atoms. The van der Waals surface area contributed by atoms with E-state index in [4.69, 9.17) is 34.4 Å². The summed E-state index contributed by atoms with van der Waals surface area (Å²) in [5, 5.41) is 9.88. The quantitative estimate of drug-likeness (QED) is 0.139. The molecule has 2 fully saturated rings. The standard InChI is InChI=1S/C26H39N10O8PSi/c1-26(2,3)46(4,5)44-15-7-19(36-13-34-21-23(28)30-11-32-25(21)36)42-17(15)9-40-45(38,39)43-14-6-18(41-16(14)8-37)35-12-33-20-22(27)29-10-31-24(20)35/h10-19,37H,6-9H2,1-5H3,(H,38,39)(H2,27,29,31)(H2,28,30,32)/t14-,15-,16+,17+,18+,19+/m0/s1. The minimum atomic E-state index is -4.68. The third-order valence-electron chi connectivity index (χ3n) is 8.86. The largest absolute Gasteiger partial charge is 0.472 e. The molecular formula is C26H39N10O8PSi. The smallest absolute Gasteiger partial charge is 0.411 e. The minimum absolute atomic E-state index is 0.103. The van der Waals surface area contributed by atoms with E-state index in [1.54, 1.807) is 15.5 Å². The molecule has 6 rings (SSSR count). The topological polar surface area (TPSA) is 243 Å². The summed E-state index contributed by atoms with van der Waals surface area (Å²) in [6.45, 7) is 9.84. The summed E-state index contributed by atoms with van der Waals surface area (Å²) < 4.78 is 46.7. The fourth-order valence-electron chi connectivity index (χ4n) is 5.38. The van der Waals surface area contributed by atoms with Crippen molar-refractivity contribution in [3.63, 3.8) is 0 Å². The van der Waals surface area contributed by atoms with E-state index in [1.807, 2.05) is 0 Å². The van der Waals surface area contributed by atoms with Gasteiger partial charge < -0.3 is 35.4 Å². The number of phosphoric acid groups is 1. The SMILES string of the molecule is CC(C)(C)[Si](C)(C)O[C@H]1C[C@H](n2cnc3c(N)ncnc32)O[C@@H]1COP(=O)(O)O[C@H]1C[C@H](n2cnc3c(N)ncnc32)O[C@@H]1CO. The molecule has 7 atom stereocenters. The van der Waals surface area contributed by atoms with Gasteiger partial charge in [-0.05, 0) is 18.1 Å². The monoisotopic (exact) mass is 678 g/mol. The summed E-state index contributed by atoms with van der Waals surface area (Å²) in [4.78, 5) is 35.9. The number of nitrogen functional groups attached to an aromatic ring is 2. The molecule has 2 saturated heterocycles. The van der Waals surface area contributed by atoms with Crippen LogP contribution in [0.5, 0.6) is 0 Å². The van der Waals surface area contributed by atoms with Crippen molar-refractivity contribution in [2.45, 2.75) is 88.6 Å². The van der Waals surface area contributed by atoms with Crippen molar-refractivity contribution in [3.05, 3.63) is 25.3 Å². The molecular weight excluding hydrogens is 639 g/mol. The Morgan fingerprint density at radius 2 is 1.43 bits per heavy atom. The second kappa shape index (κ2) is 12.1. The minimum Gasteiger partial charge on any atom is -0.411 e. The number of aliphatic hydroxyl groups is 1. The first-order chi connectivity index (χ1) is 21.7. The molecule has 20 heteroatoms. The van der Waals surface area contributed by atoms with E-state index in [-0.39, 0.29) is 29.7 Å². The number of imidazole rings is 2. The molecule has 2 aliphatic rings. The van der Waals surface area contributed by atoms with Gasteiger partial charge in [0.2, 0.25) is 0 Å². The first kappa shape index (κ1) is 32.8. The number of phosphoric ester groups is 1. The van der Waals surface area contributed by atoms with Crippen molar-refractivity contribution in [2.24, 2.45) is 0 Å². The maximum Gasteiger partial charge on any atom is 0.472 e. The highest BCUT2D eigenvalue weighted by Gasteiger charge is 2.47. The number of hydrogen-bond donors (Lipinski definition) is 4. The third kappa shape index (κ3) is 6.26. The lowest BCUT2D eigenvalue weighted by Crippen LogP contribution is -2.46. The second-order valence-corrected chi connectivity index (χ2v) is 19.1. The Kier molecular flexibility index (Phi) is 8.66. The van der Waals surface area contributed by atoms with Crippen LogP contribution in [0.3, 0.4) is 0 Å². The van der Waals surface area contributed by atoms with Gasteiger partial charge in [-0.1, -0.05) is 20.8 Å². The van der Waals surface area contributed by atoms with Crippen LogP contribution in [-0.2, 0) is 27.5 Å². The molecule has 0 aliphatic carbocycles. The Morgan fingerprint density at radius 3 is 1.96 bits per heavy atom. The summed E-state index contributed by atoms with van der Waals surface area (Å²) >= 11 is 0. The molecule has 6 N–H and O–H groups in total. The third-order valence-corrected chi connectivity index (χ3v) is 14.4. The van der Waals surface area contributed by atoms with Crippen molar-refractivity contribution in [1.82, 2.24) is 39.0 Å². The Labute approximate surface area is 265 Å². The first-order valence-electron chi connectivity index (χ1n) is 14.8. The molecule has 0 aromatic carbocycles. The van der Waals surface area contributed by atoms with Crippen LogP contribution in [0.25, 0.3) is 22.3 Å². The molecule has 0 radical (unpaired) electrons. The van der Waals surface area contributed by atoms with Gasteiger partial charge in [-0.2, -0.15) is 0 Å². The zero-order valence-electron chi connectivity index (χ0n) is 26.1. The number of rotatable bonds is 10. The van der Waals surface area contributed by atoms with Gasteiger partial charge in [0, 0.05) is 12.8 Å². The zero-order chi connectivity index (χ0) is 33.0. The number of anilines is 2. The summed E-state index contributed by atoms with van der Waals surface area (Å²) in [5.74, 6) is 0.444. The van der Waals surface area contributed by atoms with E-state index in [2.05, 4.69) is 63.8 Å². The van der Waals surface area contributed by atoms with E-state index in [1.165, 1.54) is 19.0 Å². The Bertz CT molecular complexity index is 1770. The number of nitrogens with zero attached hydrogens (tertiary/aromatic N) is 8. The highest BCUT2D eigenvalue weighted by Crippen LogP contribution is 2.50. The van der Waals surface area contributed by atoms with E-state index < -0.39 is 59.6 Å². The van der Waals surface area contributed by atoms with Gasteiger partial charge in [0.25, 0.3) is 0 Å². The van der Waals surface area contributed by atoms with E-state index in [9.17, 15) is 14.6 Å². The van der Waals surface area contributed by atoms with Crippen LogP contribution in [0.4, 0.5) is 11.6 Å². The summed E-state index contributed by atoms with van der Waals surface area (Å²) in [5.41, 5.74) is 13.6. The van der Waals surface area contributed by atoms with E-state index in [0.29, 0.717) is 28.7 Å². The van der Waals surface area contributed by atoms with Gasteiger partial charge in [-0.25, -0.2) is 34.5 Å². The number of aliphatic hydroxyl groups excluding tert-OH is 1. The molecule has 4 aromatic heterocycles. The van der Waals surface area contributed by atoms with Crippen LogP contribution in [0.15, 0.2) is 25.3 Å². The van der Waals surface area contributed by atoms with Crippen LogP contribution in [-0.4, -0.2) is 95.0 Å². The Morgan fingerprint density at radius 1 is 0.913 bits per heavy atom. The van der Waals surface area contributed by atoms with Crippen molar-refractivity contribution >= 4 is 50.1 Å². The highest BCUT2D eigenvalue weighted by atomic mass is 31.2. The van der Waals surface area contributed by atoms with Gasteiger partial charge >= 0.3 is 7.82 Å². The normalized spacial score (nSPS) is 27.1. The van der Waals surface area contributed by atoms with Crippen LogP contribution >= 0.6 is 7.82 Å². The number of hydrogen-bond acceptors (Lipinski definition) is 15. The number of nitrogens with two attached hydrogens (primary N) is 2. The van der Waals surface area contributed by atoms with Crippen molar-refractivity contribution in [3.8, 4) is 0 Å². The zero-order valence-corrected chi connectivity index (χ0v) is 28.0. The Balaban J connectivity index is 1.17. The molecule has 2 aliphatic heterocycles. The van der Waals surface area contributed by atoms with Gasteiger partial charge in [0.15, 0.2) is 31.2 Å². The number of aromatic nitrogens is 8. The fourth-order valence-corrected chi connectivity index (χ4v) is 7.70. The van der Waals surface area contributed by atoms with Crippen molar-refractivity contribution in [2.75, 3.05) is 24.7 Å². The molecule has 0 bridgehead atoms. The maximum absolute atomic E-state index is 13.3. The van der Waals surface area contributed by atoms with Crippen molar-refractivity contribution in [1.29, 1.82) is 0 Å². The summed E-state index contributed by atoms with van der Waals surface area (Å²) in [6.07, 6.45) is 1.83. The van der Waals surface area contributed by atoms with Crippen LogP contribution in [0.2, 0.25) is 18.1 Å². The first-order valence-corrected chi connectivity index (χ1v) is 19.2. The second-order valence-electron chi connectivity index (χ2n) is 12.9. The summed E-state index contributed by atoms with van der Waals surface area (Å²) in [7, 11) is -6.98. The average molecular weight is 679 g/mol. The van der Waals surface area contributed by atoms with Gasteiger partial charge in [-0.15, -0.1) is 0 Å². The molecule has 6 heterocycles. The van der Waals surface area contributed by atoms with Crippen LogP contribution < -0.4 is 11.5 Å². The summed E-state index contributed by atoms with van der Waals surface area (Å²) in [6, 6.07) is 0. The number of ether oxygens (including phenoxy) is 2. The number of fused-ring (bicyclic) bond motifs is 2. The Hall–Kier alpha value is -3.13. The molecule has 1 unspecified atom stereocenters. The highest BCUT2D eigenvalue weighted by molar-refractivity contribution is 7.47. The van der Waals surface area contributed by atoms with Gasteiger partial charge in [-0.3, -0.25) is 18.2 Å². The predicted molar refractivity (Wildman–Crippen MR) is 166 cm³/mol. The molecule has 0 amide bonds. The molecule has 4 aromatic rings. The lowest BCUT2D eigenvalue weighted by Gasteiger charge is -2.39. The molecule has 18 nitrogen and oxygen atoms in total. The van der Waals surface area contributed by atoms with Gasteiger partial charge in [0.05, 0.1) is 32.0 Å². The molecule has 0 spiro atoms. The van der Waals surface area contributed by atoms with E-state index >= 15 is 0 Å². The average Bonchev–Trinajstić information content (AvgIpc) is 3.76. The molecule has 250 valence electrons. The van der Waals surface area contributed by atoms with Gasteiger partial charge in [0.1, 0.15) is 54.5 Å². The fraction of sp³-hybridized carbons (Fsp3) is 0.615. The van der Waals surface area contributed by atoms with Crippen LogP contribution in [0.1, 0.15) is 46.1 Å². The maximum atomic E-state index is 13.3.